The van der Waals surface area contributed by atoms with E-state index in [1.54, 1.807) is 36.4 Å². The molecule has 0 bridgehead atoms. The van der Waals surface area contributed by atoms with Gasteiger partial charge in [-0.15, -0.1) is 5.10 Å². The molecule has 10 nitrogen and oxygen atoms in total. The minimum atomic E-state index is -3.67. The van der Waals surface area contributed by atoms with Gasteiger partial charge in [-0.05, 0) is 67.5 Å². The monoisotopic (exact) mass is 470 g/mol. The van der Waals surface area contributed by atoms with Crippen molar-refractivity contribution in [2.75, 3.05) is 40.4 Å². The number of aromatic nitrogens is 3. The lowest BCUT2D eigenvalue weighted by Crippen LogP contribution is -2.35. The first kappa shape index (κ1) is 21.7. The summed E-state index contributed by atoms with van der Waals surface area (Å²) in [6.45, 7) is 1.17. The zero-order chi connectivity index (χ0) is 23.1. The lowest BCUT2D eigenvalue weighted by molar-refractivity contribution is 0.102. The third-order valence-electron chi connectivity index (χ3n) is 6.58. The molecule has 3 aromatic rings. The molecule has 1 aliphatic carbocycles. The van der Waals surface area contributed by atoms with Crippen LogP contribution in [0.25, 0.3) is 11.0 Å². The van der Waals surface area contributed by atoms with E-state index in [0.29, 0.717) is 39.1 Å². The Morgan fingerprint density at radius 1 is 1.09 bits per heavy atom. The van der Waals surface area contributed by atoms with Crippen molar-refractivity contribution in [3.63, 3.8) is 0 Å². The van der Waals surface area contributed by atoms with Crippen LogP contribution in [0.4, 0.5) is 17.1 Å². The molecule has 0 unspecified atom stereocenters. The average Bonchev–Trinajstić information content (AvgIpc) is 3.36. The number of hydrogen-bond donors (Lipinski definition) is 4. The topological polar surface area (TPSA) is 140 Å². The number of aliphatic hydroxyl groups excluding tert-OH is 1. The first-order valence-electron chi connectivity index (χ1n) is 11.0. The number of anilines is 3. The van der Waals surface area contributed by atoms with Gasteiger partial charge in [0.1, 0.15) is 5.52 Å². The van der Waals surface area contributed by atoms with E-state index in [9.17, 15) is 13.2 Å². The second-order valence-corrected chi connectivity index (χ2v) is 10.7. The molecule has 2 aliphatic rings. The number of aromatic amines is 1. The summed E-state index contributed by atoms with van der Waals surface area (Å²) in [7, 11) is -3.67. The zero-order valence-corrected chi connectivity index (χ0v) is 18.9. The van der Waals surface area contributed by atoms with Crippen molar-refractivity contribution in [1.29, 1.82) is 0 Å². The van der Waals surface area contributed by atoms with E-state index >= 15 is 0 Å². The highest BCUT2D eigenvalue weighted by Crippen LogP contribution is 2.54. The summed E-state index contributed by atoms with van der Waals surface area (Å²) in [6.07, 6.45) is 4.66. The van der Waals surface area contributed by atoms with E-state index in [4.69, 9.17) is 5.11 Å². The Hall–Kier alpha value is -3.18. The summed E-state index contributed by atoms with van der Waals surface area (Å²) in [6, 6.07) is 10.2. The lowest BCUT2D eigenvalue weighted by atomic mass is 9.93. The zero-order valence-electron chi connectivity index (χ0n) is 18.0. The molecule has 1 saturated carbocycles. The number of rotatable bonds is 7. The lowest BCUT2D eigenvalue weighted by Gasteiger charge is -2.35. The van der Waals surface area contributed by atoms with Crippen molar-refractivity contribution in [2.45, 2.75) is 25.7 Å². The summed E-state index contributed by atoms with van der Waals surface area (Å²) in [5.74, 6) is -0.671. The molecular formula is C22H26N6O4S. The number of carbonyl (C=O) groups excluding carboxylic acids is 1. The Labute approximate surface area is 191 Å². The first-order valence-corrected chi connectivity index (χ1v) is 12.6. The molecule has 5 rings (SSSR count). The fourth-order valence-electron chi connectivity index (χ4n) is 4.42. The van der Waals surface area contributed by atoms with Crippen molar-refractivity contribution >= 4 is 44.0 Å². The molecule has 0 radical (unpaired) electrons. The van der Waals surface area contributed by atoms with Crippen molar-refractivity contribution in [3.05, 3.63) is 42.0 Å². The van der Waals surface area contributed by atoms with Crippen LogP contribution in [0.5, 0.6) is 0 Å². The quantitative estimate of drug-likeness (QED) is 0.415. The predicted molar refractivity (Wildman–Crippen MR) is 126 cm³/mol. The number of benzene rings is 2. The number of carbonyl (C=O) groups is 1. The molecule has 0 atom stereocenters. The minimum Gasteiger partial charge on any atom is -0.395 e. The van der Waals surface area contributed by atoms with Crippen LogP contribution in [0.1, 0.15) is 36.0 Å². The van der Waals surface area contributed by atoms with Crippen LogP contribution < -0.4 is 14.9 Å². The molecule has 1 saturated heterocycles. The molecular weight excluding hydrogens is 444 g/mol. The molecule has 1 amide bonds. The predicted octanol–water partition coefficient (Wildman–Crippen LogP) is 2.32. The molecule has 4 N–H and O–H groups in total. The van der Waals surface area contributed by atoms with Crippen molar-refractivity contribution in [3.8, 4) is 0 Å². The first-order chi connectivity index (χ1) is 15.9. The van der Waals surface area contributed by atoms with Crippen LogP contribution in [0.15, 0.2) is 36.4 Å². The van der Waals surface area contributed by atoms with E-state index < -0.39 is 16.6 Å². The fourth-order valence-corrected chi connectivity index (χ4v) is 5.25. The van der Waals surface area contributed by atoms with E-state index in [2.05, 4.69) is 30.3 Å². The summed E-state index contributed by atoms with van der Waals surface area (Å²) >= 11 is 0. The maximum absolute atomic E-state index is 13.2. The number of aliphatic hydroxyl groups is 1. The smallest absolute Gasteiger partial charge is 0.257 e. The maximum atomic E-state index is 13.2. The summed E-state index contributed by atoms with van der Waals surface area (Å²) in [5.41, 5.74) is 4.01. The van der Waals surface area contributed by atoms with E-state index in [1.807, 2.05) is 0 Å². The van der Waals surface area contributed by atoms with Gasteiger partial charge in [0.25, 0.3) is 5.91 Å². The Morgan fingerprint density at radius 3 is 2.58 bits per heavy atom. The van der Waals surface area contributed by atoms with Crippen molar-refractivity contribution in [2.24, 2.45) is 5.41 Å². The third-order valence-corrected chi connectivity index (χ3v) is 7.85. The van der Waals surface area contributed by atoms with Gasteiger partial charge in [0.15, 0.2) is 0 Å². The van der Waals surface area contributed by atoms with Gasteiger partial charge in [0.2, 0.25) is 10.0 Å². The van der Waals surface area contributed by atoms with E-state index in [-0.39, 0.29) is 11.7 Å². The molecule has 33 heavy (non-hydrogen) atoms. The number of nitrogens with one attached hydrogen (secondary N) is 3. The Bertz CT molecular complexity index is 1290. The number of H-pyrrole nitrogens is 1. The van der Waals surface area contributed by atoms with Gasteiger partial charge in [-0.1, -0.05) is 5.21 Å². The number of nitrogens with zero attached hydrogens (tertiary/aromatic N) is 3. The largest absolute Gasteiger partial charge is 0.395 e. The number of amides is 1. The average molecular weight is 471 g/mol. The Balaban J connectivity index is 1.43. The fraction of sp³-hybridized carbons (Fsp3) is 0.409. The standard InChI is InChI=1S/C22H26N6O4S/c29-11-12-33(31,32)26-16-1-3-17(20(14-16)28-9-7-22(5-6-22)8-10-28)21(30)23-15-2-4-18-19(13-15)25-27-24-18/h1-4,13-14,26,29H,5-12H2,(H,23,30)(H,24,25,27). The van der Waals surface area contributed by atoms with Crippen LogP contribution in [0.2, 0.25) is 0 Å². The highest BCUT2D eigenvalue weighted by molar-refractivity contribution is 7.92. The van der Waals surface area contributed by atoms with Crippen molar-refractivity contribution in [1.82, 2.24) is 15.4 Å². The third kappa shape index (κ3) is 4.64. The van der Waals surface area contributed by atoms with Gasteiger partial charge in [0, 0.05) is 18.8 Å². The molecule has 11 heteroatoms. The number of hydrogen-bond acceptors (Lipinski definition) is 7. The van der Waals surface area contributed by atoms with Gasteiger partial charge in [0.05, 0.1) is 34.8 Å². The van der Waals surface area contributed by atoms with Crippen LogP contribution in [0.3, 0.4) is 0 Å². The maximum Gasteiger partial charge on any atom is 0.257 e. The molecule has 174 valence electrons. The second-order valence-electron chi connectivity index (χ2n) is 8.86. The second kappa shape index (κ2) is 8.31. The number of piperidine rings is 1. The minimum absolute atomic E-state index is 0.284. The van der Waals surface area contributed by atoms with Crippen LogP contribution >= 0.6 is 0 Å². The number of sulfonamides is 1. The van der Waals surface area contributed by atoms with Gasteiger partial charge in [-0.3, -0.25) is 14.6 Å². The molecule has 2 fully saturated rings. The molecule has 2 heterocycles. The molecule has 1 spiro atoms. The SMILES string of the molecule is O=C(Nc1ccc2nn[nH]c2c1)c1ccc(NS(=O)(=O)CCO)cc1N1CCC2(CC1)CC2. The Kier molecular flexibility index (Phi) is 5.45. The van der Waals surface area contributed by atoms with Gasteiger partial charge >= 0.3 is 0 Å². The normalized spacial score (nSPS) is 17.3. The highest BCUT2D eigenvalue weighted by atomic mass is 32.2. The molecule has 1 aromatic heterocycles. The highest BCUT2D eigenvalue weighted by Gasteiger charge is 2.44. The summed E-state index contributed by atoms with van der Waals surface area (Å²) in [5, 5.41) is 22.4. The summed E-state index contributed by atoms with van der Waals surface area (Å²) < 4.78 is 26.8. The van der Waals surface area contributed by atoms with Crippen LogP contribution in [-0.4, -0.2) is 60.3 Å². The Morgan fingerprint density at radius 2 is 1.85 bits per heavy atom. The van der Waals surface area contributed by atoms with E-state index in [0.717, 1.165) is 25.9 Å². The van der Waals surface area contributed by atoms with Crippen LogP contribution in [-0.2, 0) is 10.0 Å². The summed E-state index contributed by atoms with van der Waals surface area (Å²) in [4.78, 5) is 15.4. The number of fused-ring (bicyclic) bond motifs is 1. The van der Waals surface area contributed by atoms with Gasteiger partial charge in [-0.2, -0.15) is 0 Å². The molecule has 2 aromatic carbocycles. The molecule has 1 aliphatic heterocycles. The van der Waals surface area contributed by atoms with Gasteiger partial charge < -0.3 is 15.3 Å². The van der Waals surface area contributed by atoms with Crippen molar-refractivity contribution < 1.29 is 18.3 Å². The van der Waals surface area contributed by atoms with E-state index in [1.165, 1.54) is 12.8 Å². The van der Waals surface area contributed by atoms with Crippen LogP contribution in [0, 0.1) is 5.41 Å². The van der Waals surface area contributed by atoms with Gasteiger partial charge in [-0.25, -0.2) is 8.42 Å².